The van der Waals surface area contributed by atoms with Crippen LogP contribution in [0, 0.1) is 0 Å². The van der Waals surface area contributed by atoms with Crippen molar-refractivity contribution in [2.45, 2.75) is 6.92 Å². The van der Waals surface area contributed by atoms with Gasteiger partial charge in [-0.3, -0.25) is 9.59 Å². The summed E-state index contributed by atoms with van der Waals surface area (Å²) in [6.07, 6.45) is 0. The lowest BCUT2D eigenvalue weighted by Crippen LogP contribution is -2.37. The van der Waals surface area contributed by atoms with E-state index in [-0.39, 0.29) is 24.9 Å². The lowest BCUT2D eigenvalue weighted by atomic mass is 10.2. The first-order valence-electron chi connectivity index (χ1n) is 7.58. The van der Waals surface area contributed by atoms with E-state index in [2.05, 4.69) is 5.32 Å². The molecule has 0 fully saturated rings. The van der Waals surface area contributed by atoms with Crippen LogP contribution in [0.3, 0.4) is 0 Å². The van der Waals surface area contributed by atoms with Crippen LogP contribution in [0.1, 0.15) is 17.3 Å². The number of carbonyl (C=O) groups is 2. The third-order valence-electron chi connectivity index (χ3n) is 3.58. The van der Waals surface area contributed by atoms with Crippen molar-refractivity contribution in [2.75, 3.05) is 25.1 Å². The monoisotopic (exact) mass is 380 g/mol. The zero-order valence-corrected chi connectivity index (χ0v) is 15.4. The molecule has 0 aliphatic carbocycles. The first-order chi connectivity index (χ1) is 11.9. The van der Waals surface area contributed by atoms with E-state index in [0.29, 0.717) is 27.0 Å². The molecular weight excluding hydrogens is 363 g/mol. The van der Waals surface area contributed by atoms with Crippen molar-refractivity contribution in [3.63, 3.8) is 0 Å². The van der Waals surface area contributed by atoms with Gasteiger partial charge in [0.25, 0.3) is 5.91 Å². The summed E-state index contributed by atoms with van der Waals surface area (Å²) in [7, 11) is 1.56. The average Bonchev–Trinajstić information content (AvgIpc) is 2.61. The molecular formula is C18H18Cl2N2O3. The zero-order chi connectivity index (χ0) is 18.4. The molecule has 7 heteroatoms. The van der Waals surface area contributed by atoms with Crippen LogP contribution in [-0.4, -0.2) is 32.0 Å². The maximum atomic E-state index is 12.2. The number of amides is 2. The maximum Gasteiger partial charge on any atom is 0.251 e. The van der Waals surface area contributed by atoms with Gasteiger partial charge in [0.15, 0.2) is 0 Å². The van der Waals surface area contributed by atoms with Crippen molar-refractivity contribution < 1.29 is 14.3 Å². The number of benzene rings is 2. The standard InChI is InChI=1S/C18H18Cl2N2O3/c1-12(23)22(16-5-3-4-15(19)17(16)20)11-10-21-18(24)13-6-8-14(25-2)9-7-13/h3-9H,10-11H2,1-2H3,(H,21,24). The maximum absolute atomic E-state index is 12.2. The predicted octanol–water partition coefficient (Wildman–Crippen LogP) is 3.78. The highest BCUT2D eigenvalue weighted by Gasteiger charge is 2.16. The molecule has 0 saturated carbocycles. The number of hydrogen-bond acceptors (Lipinski definition) is 3. The zero-order valence-electron chi connectivity index (χ0n) is 13.9. The van der Waals surface area contributed by atoms with Crippen LogP contribution in [0.2, 0.25) is 10.0 Å². The summed E-state index contributed by atoms with van der Waals surface area (Å²) in [6.45, 7) is 1.98. The SMILES string of the molecule is COc1ccc(C(=O)NCCN(C(C)=O)c2cccc(Cl)c2Cl)cc1. The fraction of sp³-hybridized carbons (Fsp3) is 0.222. The van der Waals surface area contributed by atoms with E-state index < -0.39 is 0 Å². The lowest BCUT2D eigenvalue weighted by molar-refractivity contribution is -0.116. The molecule has 0 radical (unpaired) electrons. The fourth-order valence-electron chi connectivity index (χ4n) is 2.27. The quantitative estimate of drug-likeness (QED) is 0.829. The molecule has 0 aromatic heterocycles. The minimum absolute atomic E-state index is 0.192. The highest BCUT2D eigenvalue weighted by Crippen LogP contribution is 2.32. The van der Waals surface area contributed by atoms with Crippen molar-refractivity contribution in [2.24, 2.45) is 0 Å². The Balaban J connectivity index is 2.00. The molecule has 25 heavy (non-hydrogen) atoms. The van der Waals surface area contributed by atoms with Crippen LogP contribution < -0.4 is 15.0 Å². The van der Waals surface area contributed by atoms with E-state index >= 15 is 0 Å². The van der Waals surface area contributed by atoms with E-state index in [1.807, 2.05) is 0 Å². The van der Waals surface area contributed by atoms with Crippen molar-refractivity contribution in [1.82, 2.24) is 5.32 Å². The molecule has 0 saturated heterocycles. The van der Waals surface area contributed by atoms with Gasteiger partial charge in [-0.15, -0.1) is 0 Å². The van der Waals surface area contributed by atoms with Crippen molar-refractivity contribution in [1.29, 1.82) is 0 Å². The van der Waals surface area contributed by atoms with Gasteiger partial charge in [-0.25, -0.2) is 0 Å². The first-order valence-corrected chi connectivity index (χ1v) is 8.34. The molecule has 0 unspecified atom stereocenters. The molecule has 5 nitrogen and oxygen atoms in total. The molecule has 2 aromatic carbocycles. The van der Waals surface area contributed by atoms with E-state index in [0.717, 1.165) is 0 Å². The average molecular weight is 381 g/mol. The van der Waals surface area contributed by atoms with Gasteiger partial charge in [0.2, 0.25) is 5.91 Å². The van der Waals surface area contributed by atoms with Gasteiger partial charge in [0.05, 0.1) is 22.8 Å². The second-order valence-electron chi connectivity index (χ2n) is 5.23. The smallest absolute Gasteiger partial charge is 0.251 e. The number of halogens is 2. The number of hydrogen-bond donors (Lipinski definition) is 1. The van der Waals surface area contributed by atoms with Crippen LogP contribution in [-0.2, 0) is 4.79 Å². The Bertz CT molecular complexity index is 763. The number of carbonyl (C=O) groups excluding carboxylic acids is 2. The summed E-state index contributed by atoms with van der Waals surface area (Å²) in [5, 5.41) is 3.45. The van der Waals surface area contributed by atoms with E-state index in [1.54, 1.807) is 49.6 Å². The topological polar surface area (TPSA) is 58.6 Å². The third kappa shape index (κ3) is 4.87. The third-order valence-corrected chi connectivity index (χ3v) is 4.38. The summed E-state index contributed by atoms with van der Waals surface area (Å²) in [4.78, 5) is 25.5. The van der Waals surface area contributed by atoms with E-state index in [9.17, 15) is 9.59 Å². The largest absolute Gasteiger partial charge is 0.497 e. The van der Waals surface area contributed by atoms with Gasteiger partial charge in [0.1, 0.15) is 5.75 Å². The molecule has 132 valence electrons. The Morgan fingerprint density at radius 2 is 1.80 bits per heavy atom. The van der Waals surface area contributed by atoms with Crippen molar-refractivity contribution in [3.8, 4) is 5.75 Å². The summed E-state index contributed by atoms with van der Waals surface area (Å²) < 4.78 is 5.06. The van der Waals surface area contributed by atoms with Gasteiger partial charge >= 0.3 is 0 Å². The number of methoxy groups -OCH3 is 1. The summed E-state index contributed by atoms with van der Waals surface area (Å²) in [5.41, 5.74) is 1.02. The van der Waals surface area contributed by atoms with E-state index in [4.69, 9.17) is 27.9 Å². The normalized spacial score (nSPS) is 10.2. The molecule has 2 rings (SSSR count). The number of ether oxygens (including phenoxy) is 1. The minimum atomic E-state index is -0.233. The van der Waals surface area contributed by atoms with Crippen LogP contribution in [0.25, 0.3) is 0 Å². The molecule has 1 N–H and O–H groups in total. The van der Waals surface area contributed by atoms with Crippen molar-refractivity contribution in [3.05, 3.63) is 58.1 Å². The molecule has 2 amide bonds. The van der Waals surface area contributed by atoms with Crippen LogP contribution >= 0.6 is 23.2 Å². The fourth-order valence-corrected chi connectivity index (χ4v) is 2.67. The number of anilines is 1. The Labute approximate surface area is 156 Å². The number of nitrogens with zero attached hydrogens (tertiary/aromatic N) is 1. The molecule has 0 spiro atoms. The van der Waals surface area contributed by atoms with Gasteiger partial charge in [-0.1, -0.05) is 29.3 Å². The summed E-state index contributed by atoms with van der Waals surface area (Å²) in [5.74, 6) is 0.251. The second kappa shape index (κ2) is 8.74. The Hall–Kier alpha value is -2.24. The van der Waals surface area contributed by atoms with Crippen LogP contribution in [0.15, 0.2) is 42.5 Å². The molecule has 0 heterocycles. The van der Waals surface area contributed by atoms with Crippen molar-refractivity contribution >= 4 is 40.7 Å². The van der Waals surface area contributed by atoms with Gasteiger partial charge in [-0.2, -0.15) is 0 Å². The van der Waals surface area contributed by atoms with Gasteiger partial charge in [-0.05, 0) is 36.4 Å². The highest BCUT2D eigenvalue weighted by molar-refractivity contribution is 6.44. The van der Waals surface area contributed by atoms with Crippen LogP contribution in [0.5, 0.6) is 5.75 Å². The Morgan fingerprint density at radius 1 is 1.12 bits per heavy atom. The first kappa shape index (κ1) is 19.1. The lowest BCUT2D eigenvalue weighted by Gasteiger charge is -2.23. The Kier molecular flexibility index (Phi) is 6.67. The molecule has 2 aromatic rings. The summed E-state index contributed by atoms with van der Waals surface area (Å²) in [6, 6.07) is 11.8. The summed E-state index contributed by atoms with van der Waals surface area (Å²) >= 11 is 12.2. The Morgan fingerprint density at radius 3 is 2.40 bits per heavy atom. The highest BCUT2D eigenvalue weighted by atomic mass is 35.5. The van der Waals surface area contributed by atoms with E-state index in [1.165, 1.54) is 11.8 Å². The molecule has 0 atom stereocenters. The van der Waals surface area contributed by atoms with Crippen LogP contribution in [0.4, 0.5) is 5.69 Å². The molecule has 0 aliphatic heterocycles. The second-order valence-corrected chi connectivity index (χ2v) is 6.01. The van der Waals surface area contributed by atoms with Gasteiger partial charge < -0.3 is 15.0 Å². The molecule has 0 bridgehead atoms. The van der Waals surface area contributed by atoms with Gasteiger partial charge in [0, 0.05) is 25.6 Å². The molecule has 0 aliphatic rings. The number of nitrogens with one attached hydrogen (secondary N) is 1. The number of rotatable bonds is 6. The minimum Gasteiger partial charge on any atom is -0.497 e. The predicted molar refractivity (Wildman–Crippen MR) is 99.8 cm³/mol.